The fourth-order valence-electron chi connectivity index (χ4n) is 11.8. The number of rotatable bonds is 66. The SMILES string of the molecule is CCCCCCCCCCCCCCCCCOCC(COCCCCCCCCCCCCCCCCC)(COCCCCCCCCCCCCCCCCC)C1CC(=O)N(NCCC[Si](OCC)(OCC)OCC)C1=O. The van der Waals surface area contributed by atoms with Crippen LogP contribution in [0, 0.1) is 11.3 Å². The molecule has 1 N–H and O–H groups in total. The highest BCUT2D eigenvalue weighted by molar-refractivity contribution is 6.60. The Morgan fingerprint density at radius 3 is 0.886 bits per heavy atom. The highest BCUT2D eigenvalue weighted by Gasteiger charge is 2.52. The van der Waals surface area contributed by atoms with Crippen LogP contribution in [0.2, 0.25) is 6.04 Å². The fourth-order valence-corrected chi connectivity index (χ4v) is 14.4. The molecule has 11 heteroatoms. The number of unbranched alkanes of at least 4 members (excludes halogenated alkanes) is 42. The monoisotopic (exact) mass is 1140 g/mol. The second-order valence-electron chi connectivity index (χ2n) is 24.2. The van der Waals surface area contributed by atoms with Gasteiger partial charge in [0.1, 0.15) is 0 Å². The molecule has 1 saturated heterocycles. The van der Waals surface area contributed by atoms with Gasteiger partial charge in [0.2, 0.25) is 11.8 Å². The maximum absolute atomic E-state index is 14.6. The fraction of sp³-hybridized carbons (Fsp3) is 0.971. The second-order valence-corrected chi connectivity index (χ2v) is 26.9. The van der Waals surface area contributed by atoms with E-state index in [4.69, 9.17) is 27.5 Å². The maximum Gasteiger partial charge on any atom is 0.500 e. The van der Waals surface area contributed by atoms with Gasteiger partial charge in [-0.15, -0.1) is 0 Å². The van der Waals surface area contributed by atoms with E-state index in [1.165, 1.54) is 255 Å². The molecule has 79 heavy (non-hydrogen) atoms. The molecule has 0 saturated carbocycles. The number of carbonyl (C=O) groups excluding carboxylic acids is 2. The van der Waals surface area contributed by atoms with Gasteiger partial charge in [0.25, 0.3) is 0 Å². The molecule has 1 aliphatic rings. The van der Waals surface area contributed by atoms with E-state index in [0.717, 1.165) is 38.5 Å². The Bertz CT molecular complexity index is 1180. The zero-order valence-corrected chi connectivity index (χ0v) is 54.8. The van der Waals surface area contributed by atoms with Crippen molar-refractivity contribution in [2.45, 2.75) is 349 Å². The number of amides is 2. The van der Waals surface area contributed by atoms with Crippen molar-refractivity contribution in [1.82, 2.24) is 10.4 Å². The number of hydrazine groups is 1. The van der Waals surface area contributed by atoms with Crippen LogP contribution in [0.15, 0.2) is 0 Å². The summed E-state index contributed by atoms with van der Waals surface area (Å²) in [7, 11) is -2.86. The summed E-state index contributed by atoms with van der Waals surface area (Å²) in [6, 6.07) is 0.604. The van der Waals surface area contributed by atoms with Crippen LogP contribution < -0.4 is 5.43 Å². The van der Waals surface area contributed by atoms with E-state index in [0.29, 0.717) is 78.5 Å². The van der Waals surface area contributed by atoms with Crippen LogP contribution in [-0.2, 0) is 37.1 Å². The predicted molar refractivity (Wildman–Crippen MR) is 338 cm³/mol. The third-order valence-electron chi connectivity index (χ3n) is 16.8. The van der Waals surface area contributed by atoms with Gasteiger partial charge in [0.05, 0.1) is 31.2 Å². The van der Waals surface area contributed by atoms with Gasteiger partial charge in [-0.1, -0.05) is 290 Å². The van der Waals surface area contributed by atoms with E-state index in [9.17, 15) is 9.59 Å². The lowest BCUT2D eigenvalue weighted by atomic mass is 9.76. The highest BCUT2D eigenvalue weighted by atomic mass is 28.4. The summed E-state index contributed by atoms with van der Waals surface area (Å²) in [6.07, 6.45) is 60.3. The van der Waals surface area contributed by atoms with Crippen LogP contribution in [0.4, 0.5) is 0 Å². The van der Waals surface area contributed by atoms with E-state index in [-0.39, 0.29) is 18.2 Å². The Balaban J connectivity index is 2.90. The van der Waals surface area contributed by atoms with Crippen molar-refractivity contribution in [2.75, 3.05) is 66.0 Å². The average molecular weight is 1140 g/mol. The number of hydrogen-bond donors (Lipinski definition) is 1. The lowest BCUT2D eigenvalue weighted by Gasteiger charge is -2.37. The van der Waals surface area contributed by atoms with Gasteiger partial charge in [0.15, 0.2) is 0 Å². The second kappa shape index (κ2) is 57.5. The van der Waals surface area contributed by atoms with Crippen molar-refractivity contribution in [2.24, 2.45) is 11.3 Å². The molecule has 2 amide bonds. The van der Waals surface area contributed by atoms with E-state index in [2.05, 4.69) is 26.2 Å². The van der Waals surface area contributed by atoms with Crippen molar-refractivity contribution in [3.05, 3.63) is 0 Å². The van der Waals surface area contributed by atoms with Gasteiger partial charge < -0.3 is 27.5 Å². The number of nitrogens with one attached hydrogen (secondary N) is 1. The average Bonchev–Trinajstić information content (AvgIpc) is 3.93. The molecule has 1 aliphatic heterocycles. The zero-order valence-electron chi connectivity index (χ0n) is 53.8. The van der Waals surface area contributed by atoms with E-state index < -0.39 is 20.1 Å². The number of hydrogen-bond acceptors (Lipinski definition) is 9. The first-order valence-corrected chi connectivity index (χ1v) is 37.1. The Kier molecular flexibility index (Phi) is 55.4. The summed E-state index contributed by atoms with van der Waals surface area (Å²) in [5.74, 6) is -0.997. The first kappa shape index (κ1) is 76.1. The third kappa shape index (κ3) is 42.5. The molecular weight excluding hydrogens is 1000 g/mol. The van der Waals surface area contributed by atoms with Crippen LogP contribution in [0.3, 0.4) is 0 Å². The molecule has 1 unspecified atom stereocenters. The Morgan fingerprint density at radius 1 is 0.380 bits per heavy atom. The maximum atomic E-state index is 14.6. The molecule has 1 fully saturated rings. The summed E-state index contributed by atoms with van der Waals surface area (Å²) in [4.78, 5) is 28.5. The largest absolute Gasteiger partial charge is 0.500 e. The summed E-state index contributed by atoms with van der Waals surface area (Å²) in [6.45, 7) is 17.7. The summed E-state index contributed by atoms with van der Waals surface area (Å²) in [5.41, 5.74) is 2.45. The van der Waals surface area contributed by atoms with Crippen molar-refractivity contribution < 1.29 is 37.1 Å². The van der Waals surface area contributed by atoms with Gasteiger partial charge in [-0.2, -0.15) is 0 Å². The Morgan fingerprint density at radius 2 is 0.633 bits per heavy atom. The molecule has 1 heterocycles. The van der Waals surface area contributed by atoms with E-state index >= 15 is 0 Å². The Labute approximate surface area is 492 Å². The van der Waals surface area contributed by atoms with Gasteiger partial charge in [-0.25, -0.2) is 10.4 Å². The quantitative estimate of drug-likeness (QED) is 0.0362. The van der Waals surface area contributed by atoms with Gasteiger partial charge in [-0.3, -0.25) is 9.59 Å². The molecule has 1 atom stereocenters. The molecule has 0 bridgehead atoms. The number of ether oxygens (including phenoxy) is 3. The van der Waals surface area contributed by atoms with E-state index in [1.807, 2.05) is 20.8 Å². The number of nitrogens with zero attached hydrogens (tertiary/aromatic N) is 1. The molecule has 0 aromatic heterocycles. The molecule has 0 aliphatic carbocycles. The third-order valence-corrected chi connectivity index (χ3v) is 19.9. The Hall–Kier alpha value is -0.923. The van der Waals surface area contributed by atoms with Crippen molar-refractivity contribution in [3.63, 3.8) is 0 Å². The van der Waals surface area contributed by atoms with Crippen LogP contribution in [0.1, 0.15) is 343 Å². The van der Waals surface area contributed by atoms with E-state index in [1.54, 1.807) is 0 Å². The van der Waals surface area contributed by atoms with Gasteiger partial charge in [-0.05, 0) is 46.5 Å². The lowest BCUT2D eigenvalue weighted by Crippen LogP contribution is -2.50. The van der Waals surface area contributed by atoms with Gasteiger partial charge in [0, 0.05) is 58.7 Å². The van der Waals surface area contributed by atoms with Crippen molar-refractivity contribution in [3.8, 4) is 0 Å². The molecule has 0 radical (unpaired) electrons. The molecular formula is C68H136N2O8Si. The number of imide groups is 1. The standard InChI is InChI=1S/C68H136N2O8Si/c1-7-13-16-19-22-25-28-31-34-37-40-43-46-49-52-57-73-62-68(63-74-58-53-50-47-44-41-38-35-32-29-26-23-20-17-14-8-2,64-75-59-54-51-48-45-42-39-36-33-30-27-24-21-18-15-9-3)65-61-66(71)70(67(65)72)69-56-55-60-79(76-10-4,77-11-5)78-12-6/h65,69H,7-64H2,1-6H3. The van der Waals surface area contributed by atoms with Crippen LogP contribution in [-0.4, -0.2) is 91.6 Å². The molecule has 0 spiro atoms. The lowest BCUT2D eigenvalue weighted by molar-refractivity contribution is -0.150. The normalized spacial score (nSPS) is 14.3. The van der Waals surface area contributed by atoms with Crippen LogP contribution in [0.5, 0.6) is 0 Å². The van der Waals surface area contributed by atoms with Crippen molar-refractivity contribution >= 4 is 20.6 Å². The molecule has 1 rings (SSSR count). The minimum Gasteiger partial charge on any atom is -0.381 e. The minimum absolute atomic E-state index is 0.119. The smallest absolute Gasteiger partial charge is 0.381 e. The first-order valence-electron chi connectivity index (χ1n) is 35.1. The molecule has 0 aromatic rings. The summed E-state index contributed by atoms with van der Waals surface area (Å²) in [5, 5.41) is 1.28. The summed E-state index contributed by atoms with van der Waals surface area (Å²) >= 11 is 0. The molecule has 470 valence electrons. The predicted octanol–water partition coefficient (Wildman–Crippen LogP) is 20.0. The molecule has 10 nitrogen and oxygen atoms in total. The number of carbonyl (C=O) groups is 2. The van der Waals surface area contributed by atoms with Crippen LogP contribution >= 0.6 is 0 Å². The zero-order chi connectivity index (χ0) is 57.3. The highest BCUT2D eigenvalue weighted by Crippen LogP contribution is 2.38. The first-order chi connectivity index (χ1) is 38.9. The topological polar surface area (TPSA) is 105 Å². The van der Waals surface area contributed by atoms with Crippen LogP contribution in [0.25, 0.3) is 0 Å². The van der Waals surface area contributed by atoms with Crippen molar-refractivity contribution in [1.29, 1.82) is 0 Å². The van der Waals surface area contributed by atoms with Gasteiger partial charge >= 0.3 is 8.80 Å². The summed E-state index contributed by atoms with van der Waals surface area (Å²) < 4.78 is 38.1. The molecule has 0 aromatic carbocycles. The minimum atomic E-state index is -2.86.